The SMILES string of the molecule is CCCC1(C)CCCC2C1CCC1(C)CCCC21. The van der Waals surface area contributed by atoms with Gasteiger partial charge in [0.2, 0.25) is 0 Å². The van der Waals surface area contributed by atoms with Gasteiger partial charge in [-0.2, -0.15) is 0 Å². The molecule has 5 atom stereocenters. The molecule has 0 heteroatoms. The summed E-state index contributed by atoms with van der Waals surface area (Å²) >= 11 is 0. The summed E-state index contributed by atoms with van der Waals surface area (Å²) < 4.78 is 0. The van der Waals surface area contributed by atoms with Gasteiger partial charge in [0.05, 0.1) is 0 Å². The predicted molar refractivity (Wildman–Crippen MR) is 78.5 cm³/mol. The Morgan fingerprint density at radius 2 is 1.67 bits per heavy atom. The first-order chi connectivity index (χ1) is 8.59. The van der Waals surface area contributed by atoms with Crippen LogP contribution in [0.15, 0.2) is 0 Å². The monoisotopic (exact) mass is 248 g/mol. The zero-order valence-corrected chi connectivity index (χ0v) is 12.8. The van der Waals surface area contributed by atoms with Crippen molar-refractivity contribution in [3.8, 4) is 0 Å². The van der Waals surface area contributed by atoms with Crippen molar-refractivity contribution in [1.82, 2.24) is 0 Å². The zero-order valence-electron chi connectivity index (χ0n) is 12.8. The van der Waals surface area contributed by atoms with Crippen LogP contribution in [0.2, 0.25) is 0 Å². The first-order valence-electron chi connectivity index (χ1n) is 8.59. The molecular formula is C18H32. The second kappa shape index (κ2) is 4.53. The maximum Gasteiger partial charge on any atom is -0.0295 e. The van der Waals surface area contributed by atoms with Gasteiger partial charge in [0, 0.05) is 0 Å². The fraction of sp³-hybridized carbons (Fsp3) is 1.00. The molecule has 5 unspecified atom stereocenters. The Bertz CT molecular complexity index is 303. The molecule has 3 fully saturated rings. The molecular weight excluding hydrogens is 216 g/mol. The predicted octanol–water partition coefficient (Wildman–Crippen LogP) is 5.81. The van der Waals surface area contributed by atoms with E-state index in [2.05, 4.69) is 20.8 Å². The summed E-state index contributed by atoms with van der Waals surface area (Å²) in [4.78, 5) is 0. The summed E-state index contributed by atoms with van der Waals surface area (Å²) in [7, 11) is 0. The van der Waals surface area contributed by atoms with Gasteiger partial charge in [-0.3, -0.25) is 0 Å². The van der Waals surface area contributed by atoms with Crippen LogP contribution in [0.5, 0.6) is 0 Å². The van der Waals surface area contributed by atoms with Crippen molar-refractivity contribution in [3.63, 3.8) is 0 Å². The van der Waals surface area contributed by atoms with Gasteiger partial charge in [-0.25, -0.2) is 0 Å². The fourth-order valence-corrected chi connectivity index (χ4v) is 6.36. The van der Waals surface area contributed by atoms with E-state index in [1.807, 2.05) is 0 Å². The molecule has 0 bridgehead atoms. The quantitative estimate of drug-likeness (QED) is 0.578. The molecule has 0 amide bonds. The summed E-state index contributed by atoms with van der Waals surface area (Å²) in [5, 5.41) is 0. The van der Waals surface area contributed by atoms with E-state index in [0.29, 0.717) is 5.41 Å². The van der Waals surface area contributed by atoms with Crippen LogP contribution in [0.4, 0.5) is 0 Å². The lowest BCUT2D eigenvalue weighted by molar-refractivity contribution is -0.0590. The van der Waals surface area contributed by atoms with E-state index in [-0.39, 0.29) is 0 Å². The first kappa shape index (κ1) is 13.0. The maximum absolute atomic E-state index is 2.63. The molecule has 3 aliphatic rings. The summed E-state index contributed by atoms with van der Waals surface area (Å²) in [5.41, 5.74) is 1.44. The van der Waals surface area contributed by atoms with E-state index >= 15 is 0 Å². The molecule has 0 aromatic carbocycles. The Morgan fingerprint density at radius 1 is 0.889 bits per heavy atom. The number of rotatable bonds is 2. The van der Waals surface area contributed by atoms with Gasteiger partial charge in [0.25, 0.3) is 0 Å². The minimum Gasteiger partial charge on any atom is -0.0654 e. The van der Waals surface area contributed by atoms with Gasteiger partial charge in [-0.05, 0) is 73.5 Å². The van der Waals surface area contributed by atoms with E-state index in [9.17, 15) is 0 Å². The molecule has 104 valence electrons. The van der Waals surface area contributed by atoms with Crippen LogP contribution < -0.4 is 0 Å². The zero-order chi connectivity index (χ0) is 12.8. The van der Waals surface area contributed by atoms with Crippen molar-refractivity contribution < 1.29 is 0 Å². The van der Waals surface area contributed by atoms with Crippen molar-refractivity contribution in [1.29, 1.82) is 0 Å². The third kappa shape index (κ3) is 1.86. The first-order valence-corrected chi connectivity index (χ1v) is 8.59. The van der Waals surface area contributed by atoms with Crippen LogP contribution in [0, 0.1) is 28.6 Å². The third-order valence-electron chi connectivity index (χ3n) is 7.22. The molecule has 3 rings (SSSR count). The topological polar surface area (TPSA) is 0 Å². The minimum absolute atomic E-state index is 0.696. The smallest absolute Gasteiger partial charge is 0.0295 e. The molecule has 0 aromatic heterocycles. The number of fused-ring (bicyclic) bond motifs is 3. The summed E-state index contributed by atoms with van der Waals surface area (Å²) in [6.45, 7) is 7.63. The van der Waals surface area contributed by atoms with Crippen LogP contribution in [-0.2, 0) is 0 Å². The number of hydrogen-bond acceptors (Lipinski definition) is 0. The van der Waals surface area contributed by atoms with Crippen LogP contribution in [0.3, 0.4) is 0 Å². The molecule has 0 N–H and O–H groups in total. The van der Waals surface area contributed by atoms with Gasteiger partial charge >= 0.3 is 0 Å². The fourth-order valence-electron chi connectivity index (χ4n) is 6.36. The normalized spacial score (nSPS) is 51.8. The van der Waals surface area contributed by atoms with Crippen molar-refractivity contribution in [2.45, 2.75) is 85.0 Å². The largest absolute Gasteiger partial charge is 0.0654 e. The van der Waals surface area contributed by atoms with Crippen LogP contribution in [0.1, 0.15) is 85.0 Å². The Balaban J connectivity index is 1.84. The minimum atomic E-state index is 0.696. The molecule has 18 heavy (non-hydrogen) atoms. The van der Waals surface area contributed by atoms with E-state index in [4.69, 9.17) is 0 Å². The number of hydrogen-bond donors (Lipinski definition) is 0. The molecule has 3 saturated carbocycles. The van der Waals surface area contributed by atoms with E-state index < -0.39 is 0 Å². The van der Waals surface area contributed by atoms with E-state index in [1.165, 1.54) is 44.9 Å². The lowest BCUT2D eigenvalue weighted by Gasteiger charge is -2.55. The highest BCUT2D eigenvalue weighted by molar-refractivity contribution is 5.03. The molecule has 0 radical (unpaired) electrons. The molecule has 3 aliphatic carbocycles. The lowest BCUT2D eigenvalue weighted by atomic mass is 9.49. The summed E-state index contributed by atoms with van der Waals surface area (Å²) in [5.74, 6) is 3.26. The second-order valence-corrected chi connectivity index (χ2v) is 8.26. The molecule has 0 saturated heterocycles. The highest BCUT2D eigenvalue weighted by Crippen LogP contribution is 2.63. The highest BCUT2D eigenvalue weighted by Gasteiger charge is 2.53. The molecule has 0 aromatic rings. The average Bonchev–Trinajstić information content (AvgIpc) is 2.71. The Kier molecular flexibility index (Phi) is 3.27. The van der Waals surface area contributed by atoms with Crippen LogP contribution >= 0.6 is 0 Å². The van der Waals surface area contributed by atoms with Crippen LogP contribution in [0.25, 0.3) is 0 Å². The van der Waals surface area contributed by atoms with E-state index in [1.54, 1.807) is 19.3 Å². The second-order valence-electron chi connectivity index (χ2n) is 8.26. The molecule has 0 aliphatic heterocycles. The Hall–Kier alpha value is 0. The van der Waals surface area contributed by atoms with Crippen LogP contribution in [-0.4, -0.2) is 0 Å². The van der Waals surface area contributed by atoms with Crippen molar-refractivity contribution in [2.75, 3.05) is 0 Å². The van der Waals surface area contributed by atoms with Crippen molar-refractivity contribution >= 4 is 0 Å². The molecule has 0 heterocycles. The third-order valence-corrected chi connectivity index (χ3v) is 7.22. The maximum atomic E-state index is 2.63. The Morgan fingerprint density at radius 3 is 2.44 bits per heavy atom. The summed E-state index contributed by atoms with van der Waals surface area (Å²) in [6.07, 6.45) is 15.2. The van der Waals surface area contributed by atoms with Gasteiger partial charge in [-0.1, -0.05) is 40.0 Å². The molecule has 0 nitrogen and oxygen atoms in total. The standard InChI is InChI=1S/C18H32/c1-4-10-17(2)11-5-7-14-15-8-6-12-18(15,3)13-9-16(14)17/h14-16H,4-13H2,1-3H3. The van der Waals surface area contributed by atoms with Gasteiger partial charge in [-0.15, -0.1) is 0 Å². The van der Waals surface area contributed by atoms with Gasteiger partial charge in [0.1, 0.15) is 0 Å². The van der Waals surface area contributed by atoms with Gasteiger partial charge in [0.15, 0.2) is 0 Å². The van der Waals surface area contributed by atoms with E-state index in [0.717, 1.165) is 23.2 Å². The summed E-state index contributed by atoms with van der Waals surface area (Å²) in [6, 6.07) is 0. The average molecular weight is 248 g/mol. The van der Waals surface area contributed by atoms with Crippen molar-refractivity contribution in [2.24, 2.45) is 28.6 Å². The van der Waals surface area contributed by atoms with Crippen molar-refractivity contribution in [3.05, 3.63) is 0 Å². The molecule has 0 spiro atoms. The highest BCUT2D eigenvalue weighted by atomic mass is 14.6. The lowest BCUT2D eigenvalue weighted by Crippen LogP contribution is -2.47. The Labute approximate surface area is 114 Å². The van der Waals surface area contributed by atoms with Gasteiger partial charge < -0.3 is 0 Å².